The van der Waals surface area contributed by atoms with Crippen molar-refractivity contribution in [2.75, 3.05) is 0 Å². The number of amides is 2. The summed E-state index contributed by atoms with van der Waals surface area (Å²) in [4.78, 5) is 22.9. The molecule has 2 saturated carbocycles. The standard InChI is InChI=1S/C13H22N2O3/c1-7(2)10(12(16)17)14-13(18)15-11(8-3-4-8)9-5-6-9/h7-11H,3-6H2,1-2H3,(H,16,17)(H2,14,15,18)/t10-/m1/s1. The molecule has 5 nitrogen and oxygen atoms in total. The Balaban J connectivity index is 1.84. The molecule has 0 unspecified atom stereocenters. The van der Waals surface area contributed by atoms with Crippen molar-refractivity contribution in [1.82, 2.24) is 10.6 Å². The fraction of sp³-hybridized carbons (Fsp3) is 0.846. The van der Waals surface area contributed by atoms with Gasteiger partial charge < -0.3 is 15.7 Å². The highest BCUT2D eigenvalue weighted by molar-refractivity contribution is 5.82. The maximum atomic E-state index is 11.9. The van der Waals surface area contributed by atoms with Gasteiger partial charge in [-0.2, -0.15) is 0 Å². The first-order chi connectivity index (χ1) is 8.49. The molecule has 2 amide bonds. The number of hydrogen-bond donors (Lipinski definition) is 3. The maximum absolute atomic E-state index is 11.9. The van der Waals surface area contributed by atoms with Crippen LogP contribution in [0.4, 0.5) is 4.79 Å². The Bertz CT molecular complexity index is 323. The molecular formula is C13H22N2O3. The summed E-state index contributed by atoms with van der Waals surface area (Å²) in [6.45, 7) is 3.58. The summed E-state index contributed by atoms with van der Waals surface area (Å²) in [5.74, 6) is 0.138. The molecule has 2 rings (SSSR count). The molecular weight excluding hydrogens is 232 g/mol. The summed E-state index contributed by atoms with van der Waals surface area (Å²) < 4.78 is 0. The van der Waals surface area contributed by atoms with E-state index >= 15 is 0 Å². The molecule has 0 saturated heterocycles. The molecule has 3 N–H and O–H groups in total. The summed E-state index contributed by atoms with van der Waals surface area (Å²) in [6, 6.07) is -0.893. The molecule has 2 aliphatic carbocycles. The van der Waals surface area contributed by atoms with Crippen molar-refractivity contribution in [3.05, 3.63) is 0 Å². The van der Waals surface area contributed by atoms with Crippen LogP contribution in [-0.2, 0) is 4.79 Å². The van der Waals surface area contributed by atoms with Crippen molar-refractivity contribution in [2.45, 2.75) is 51.6 Å². The van der Waals surface area contributed by atoms with Crippen molar-refractivity contribution < 1.29 is 14.7 Å². The van der Waals surface area contributed by atoms with Crippen molar-refractivity contribution in [1.29, 1.82) is 0 Å². The molecule has 0 radical (unpaired) electrons. The van der Waals surface area contributed by atoms with E-state index in [1.807, 2.05) is 0 Å². The minimum absolute atomic E-state index is 0.117. The molecule has 5 heteroatoms. The molecule has 0 aromatic carbocycles. The zero-order valence-corrected chi connectivity index (χ0v) is 11.0. The molecule has 0 spiro atoms. The zero-order valence-electron chi connectivity index (χ0n) is 11.0. The molecule has 0 aliphatic heterocycles. The van der Waals surface area contributed by atoms with Gasteiger partial charge in [-0.15, -0.1) is 0 Å². The van der Waals surface area contributed by atoms with E-state index in [1.165, 1.54) is 25.7 Å². The molecule has 18 heavy (non-hydrogen) atoms. The van der Waals surface area contributed by atoms with Gasteiger partial charge in [0.15, 0.2) is 0 Å². The van der Waals surface area contributed by atoms with Crippen LogP contribution < -0.4 is 10.6 Å². The van der Waals surface area contributed by atoms with Crippen LogP contribution in [0, 0.1) is 17.8 Å². The van der Waals surface area contributed by atoms with E-state index in [0.29, 0.717) is 11.8 Å². The molecule has 0 bridgehead atoms. The number of nitrogens with one attached hydrogen (secondary N) is 2. The lowest BCUT2D eigenvalue weighted by Crippen LogP contribution is -2.51. The van der Waals surface area contributed by atoms with Gasteiger partial charge in [-0.1, -0.05) is 13.8 Å². The lowest BCUT2D eigenvalue weighted by atomic mass is 10.0. The van der Waals surface area contributed by atoms with Crippen LogP contribution in [0.5, 0.6) is 0 Å². The molecule has 0 heterocycles. The third kappa shape index (κ3) is 3.37. The third-order valence-corrected chi connectivity index (χ3v) is 3.78. The first kappa shape index (κ1) is 13.2. The largest absolute Gasteiger partial charge is 0.480 e. The van der Waals surface area contributed by atoms with Gasteiger partial charge in [0.2, 0.25) is 0 Å². The number of aliphatic carboxylic acids is 1. The maximum Gasteiger partial charge on any atom is 0.326 e. The smallest absolute Gasteiger partial charge is 0.326 e. The van der Waals surface area contributed by atoms with Gasteiger partial charge in [-0.25, -0.2) is 9.59 Å². The Morgan fingerprint density at radius 3 is 1.89 bits per heavy atom. The van der Waals surface area contributed by atoms with Gasteiger partial charge in [0.25, 0.3) is 0 Å². The second kappa shape index (κ2) is 5.16. The number of carbonyl (C=O) groups excluding carboxylic acids is 1. The normalized spacial score (nSPS) is 20.9. The lowest BCUT2D eigenvalue weighted by molar-refractivity contribution is -0.140. The number of carboxylic acids is 1. The van der Waals surface area contributed by atoms with E-state index in [9.17, 15) is 9.59 Å². The molecule has 2 aliphatic rings. The Hall–Kier alpha value is -1.26. The SMILES string of the molecule is CC(C)[C@@H](NC(=O)NC(C1CC1)C1CC1)C(=O)O. The van der Waals surface area contributed by atoms with E-state index in [1.54, 1.807) is 13.8 Å². The van der Waals surface area contributed by atoms with Gasteiger partial charge in [-0.3, -0.25) is 0 Å². The summed E-state index contributed by atoms with van der Waals surface area (Å²) in [5, 5.41) is 14.6. The van der Waals surface area contributed by atoms with Crippen molar-refractivity contribution in [3.63, 3.8) is 0 Å². The fourth-order valence-electron chi connectivity index (χ4n) is 2.38. The third-order valence-electron chi connectivity index (χ3n) is 3.78. The minimum Gasteiger partial charge on any atom is -0.480 e. The summed E-state index contributed by atoms with van der Waals surface area (Å²) in [5.41, 5.74) is 0. The van der Waals surface area contributed by atoms with E-state index in [0.717, 1.165) is 0 Å². The summed E-state index contributed by atoms with van der Waals surface area (Å²) in [7, 11) is 0. The minimum atomic E-state index is -0.977. The predicted octanol–water partition coefficient (Wildman–Crippen LogP) is 1.58. The lowest BCUT2D eigenvalue weighted by Gasteiger charge is -2.22. The second-order valence-corrected chi connectivity index (χ2v) is 5.88. The van der Waals surface area contributed by atoms with Crippen LogP contribution in [0.1, 0.15) is 39.5 Å². The van der Waals surface area contributed by atoms with Gasteiger partial charge in [0.1, 0.15) is 6.04 Å². The molecule has 2 fully saturated rings. The monoisotopic (exact) mass is 254 g/mol. The Labute approximate surface area is 107 Å². The van der Waals surface area contributed by atoms with Crippen molar-refractivity contribution >= 4 is 12.0 Å². The van der Waals surface area contributed by atoms with Crippen molar-refractivity contribution in [3.8, 4) is 0 Å². The summed E-state index contributed by atoms with van der Waals surface area (Å²) in [6.07, 6.45) is 4.75. The average Bonchev–Trinajstić information content (AvgIpc) is 3.15. The molecule has 102 valence electrons. The highest BCUT2D eigenvalue weighted by Crippen LogP contribution is 2.44. The number of hydrogen-bond acceptors (Lipinski definition) is 2. The fourth-order valence-corrected chi connectivity index (χ4v) is 2.38. The highest BCUT2D eigenvalue weighted by atomic mass is 16.4. The molecule has 1 atom stereocenters. The van der Waals surface area contributed by atoms with E-state index in [2.05, 4.69) is 10.6 Å². The van der Waals surface area contributed by atoms with Crippen LogP contribution in [0.25, 0.3) is 0 Å². The number of carbonyl (C=O) groups is 2. The average molecular weight is 254 g/mol. The van der Waals surface area contributed by atoms with Crippen LogP contribution in [0.3, 0.4) is 0 Å². The van der Waals surface area contributed by atoms with Crippen LogP contribution in [0.2, 0.25) is 0 Å². The number of carboxylic acid groups (broad SMARTS) is 1. The Morgan fingerprint density at radius 2 is 1.56 bits per heavy atom. The van der Waals surface area contributed by atoms with Gasteiger partial charge in [0, 0.05) is 6.04 Å². The molecule has 0 aromatic heterocycles. The quantitative estimate of drug-likeness (QED) is 0.673. The molecule has 0 aromatic rings. The summed E-state index contributed by atoms with van der Waals surface area (Å²) >= 11 is 0. The Morgan fingerprint density at radius 1 is 1.06 bits per heavy atom. The topological polar surface area (TPSA) is 78.4 Å². The second-order valence-electron chi connectivity index (χ2n) is 5.88. The first-order valence-electron chi connectivity index (χ1n) is 6.79. The van der Waals surface area contributed by atoms with Crippen molar-refractivity contribution in [2.24, 2.45) is 17.8 Å². The van der Waals surface area contributed by atoms with Gasteiger partial charge >= 0.3 is 12.0 Å². The highest BCUT2D eigenvalue weighted by Gasteiger charge is 2.42. The van der Waals surface area contributed by atoms with Gasteiger partial charge in [-0.05, 0) is 43.4 Å². The predicted molar refractivity (Wildman–Crippen MR) is 67.2 cm³/mol. The van der Waals surface area contributed by atoms with E-state index in [4.69, 9.17) is 5.11 Å². The first-order valence-corrected chi connectivity index (χ1v) is 6.79. The van der Waals surface area contributed by atoms with Gasteiger partial charge in [0.05, 0.1) is 0 Å². The Kier molecular flexibility index (Phi) is 3.78. The van der Waals surface area contributed by atoms with Crippen LogP contribution in [-0.4, -0.2) is 29.2 Å². The van der Waals surface area contributed by atoms with E-state index in [-0.39, 0.29) is 18.0 Å². The zero-order chi connectivity index (χ0) is 13.3. The number of urea groups is 1. The van der Waals surface area contributed by atoms with Crippen LogP contribution in [0.15, 0.2) is 0 Å². The number of rotatable bonds is 6. The van der Waals surface area contributed by atoms with E-state index < -0.39 is 12.0 Å². The van der Waals surface area contributed by atoms with Crippen LogP contribution >= 0.6 is 0 Å².